The summed E-state index contributed by atoms with van der Waals surface area (Å²) in [6, 6.07) is 17.3. The molecule has 0 fully saturated rings. The van der Waals surface area contributed by atoms with Gasteiger partial charge in [-0.3, -0.25) is 0 Å². The summed E-state index contributed by atoms with van der Waals surface area (Å²) >= 11 is 3.17. The minimum Gasteiger partial charge on any atom is -0.489 e. The number of amides is 1. The normalized spacial score (nSPS) is 13.1. The number of aliphatic hydroxyl groups is 1. The van der Waals surface area contributed by atoms with Crippen LogP contribution in [0.4, 0.5) is 4.79 Å². The highest BCUT2D eigenvalue weighted by atomic mass is 79.9. The number of benzene rings is 2. The van der Waals surface area contributed by atoms with Crippen LogP contribution in [0.2, 0.25) is 0 Å². The van der Waals surface area contributed by atoms with E-state index >= 15 is 0 Å². The maximum absolute atomic E-state index is 10.9. The summed E-state index contributed by atoms with van der Waals surface area (Å²) in [6.07, 6.45) is -2.05. The van der Waals surface area contributed by atoms with Crippen molar-refractivity contribution in [3.63, 3.8) is 0 Å². The average molecular weight is 394 g/mol. The maximum Gasteiger partial charge on any atom is 0.404 e. The molecule has 0 spiro atoms. The van der Waals surface area contributed by atoms with E-state index in [1.807, 2.05) is 54.6 Å². The van der Waals surface area contributed by atoms with Crippen LogP contribution in [0.15, 0.2) is 54.6 Å². The topological polar surface area (TPSA) is 81.8 Å². The van der Waals surface area contributed by atoms with Crippen molar-refractivity contribution in [1.29, 1.82) is 0 Å². The van der Waals surface area contributed by atoms with Gasteiger partial charge in [0.15, 0.2) is 0 Å². The van der Waals surface area contributed by atoms with E-state index in [4.69, 9.17) is 15.2 Å². The van der Waals surface area contributed by atoms with Crippen LogP contribution < -0.4 is 10.5 Å². The molecule has 5 nitrogen and oxygen atoms in total. The Bertz CT molecular complexity index is 633. The van der Waals surface area contributed by atoms with Gasteiger partial charge in [-0.15, -0.1) is 0 Å². The Morgan fingerprint density at radius 3 is 2.33 bits per heavy atom. The van der Waals surface area contributed by atoms with Gasteiger partial charge in [0.05, 0.1) is 0 Å². The molecule has 0 aliphatic carbocycles. The zero-order chi connectivity index (χ0) is 17.4. The van der Waals surface area contributed by atoms with E-state index in [0.29, 0.717) is 18.4 Å². The van der Waals surface area contributed by atoms with Gasteiger partial charge in [-0.2, -0.15) is 0 Å². The lowest BCUT2D eigenvalue weighted by Crippen LogP contribution is -2.36. The molecular formula is C18H20BrNO4. The summed E-state index contributed by atoms with van der Waals surface area (Å²) in [5.74, 6) is 0.746. The van der Waals surface area contributed by atoms with Gasteiger partial charge in [0, 0.05) is 11.8 Å². The Hall–Kier alpha value is -2.05. The zero-order valence-electron chi connectivity index (χ0n) is 13.1. The lowest BCUT2D eigenvalue weighted by molar-refractivity contribution is 0.0193. The van der Waals surface area contributed by atoms with Crippen LogP contribution in [0, 0.1) is 0 Å². The van der Waals surface area contributed by atoms with Gasteiger partial charge in [0.25, 0.3) is 0 Å². The number of alkyl halides is 1. The van der Waals surface area contributed by atoms with Crippen molar-refractivity contribution in [2.24, 2.45) is 5.73 Å². The fourth-order valence-electron chi connectivity index (χ4n) is 2.20. The molecule has 3 N–H and O–H groups in total. The average Bonchev–Trinajstić information content (AvgIpc) is 2.60. The fourth-order valence-corrected chi connectivity index (χ4v) is 2.62. The molecule has 2 rings (SSSR count). The van der Waals surface area contributed by atoms with E-state index in [1.165, 1.54) is 0 Å². The number of primary amides is 1. The molecule has 0 unspecified atom stereocenters. The molecule has 128 valence electrons. The number of carbonyl (C=O) groups excluding carboxylic acids is 1. The third-order valence-corrected chi connectivity index (χ3v) is 4.13. The van der Waals surface area contributed by atoms with Crippen molar-refractivity contribution in [2.75, 3.05) is 5.33 Å². The molecule has 0 bridgehead atoms. The molecule has 0 heterocycles. The monoisotopic (exact) mass is 393 g/mol. The van der Waals surface area contributed by atoms with Crippen molar-refractivity contribution < 1.29 is 19.4 Å². The first kappa shape index (κ1) is 18.3. The molecule has 1 amide bonds. The number of halogens is 1. The Balaban J connectivity index is 1.93. The van der Waals surface area contributed by atoms with Crippen molar-refractivity contribution in [2.45, 2.75) is 25.2 Å². The SMILES string of the molecule is NC(=O)O[C@@H](Cc1ccc(OCc2ccccc2)cc1)[C@H](O)CBr. The summed E-state index contributed by atoms with van der Waals surface area (Å²) in [7, 11) is 0. The smallest absolute Gasteiger partial charge is 0.404 e. The summed E-state index contributed by atoms with van der Waals surface area (Å²) in [5, 5.41) is 10.2. The second-order valence-corrected chi connectivity index (χ2v) is 5.97. The molecule has 0 saturated carbocycles. The van der Waals surface area contributed by atoms with E-state index < -0.39 is 18.3 Å². The summed E-state index contributed by atoms with van der Waals surface area (Å²) in [4.78, 5) is 10.9. The zero-order valence-corrected chi connectivity index (χ0v) is 14.7. The number of ether oxygens (including phenoxy) is 2. The van der Waals surface area contributed by atoms with E-state index in [2.05, 4.69) is 15.9 Å². The highest BCUT2D eigenvalue weighted by Gasteiger charge is 2.22. The third-order valence-electron chi connectivity index (χ3n) is 3.46. The Morgan fingerprint density at radius 2 is 1.75 bits per heavy atom. The summed E-state index contributed by atoms with van der Waals surface area (Å²) in [5.41, 5.74) is 7.06. The molecule has 2 aromatic rings. The molecule has 0 saturated heterocycles. The summed E-state index contributed by atoms with van der Waals surface area (Å²) < 4.78 is 10.7. The minimum atomic E-state index is -0.900. The van der Waals surface area contributed by atoms with Gasteiger partial charge in [0.1, 0.15) is 24.6 Å². The molecule has 0 radical (unpaired) electrons. The molecular weight excluding hydrogens is 374 g/mol. The van der Waals surface area contributed by atoms with Crippen LogP contribution in [0.5, 0.6) is 5.75 Å². The first-order valence-electron chi connectivity index (χ1n) is 7.54. The number of nitrogens with two attached hydrogens (primary N) is 1. The number of rotatable bonds is 8. The van der Waals surface area contributed by atoms with Crippen molar-refractivity contribution in [3.8, 4) is 5.75 Å². The van der Waals surface area contributed by atoms with Gasteiger partial charge in [-0.25, -0.2) is 4.79 Å². The minimum absolute atomic E-state index is 0.295. The van der Waals surface area contributed by atoms with Crippen LogP contribution in [0.3, 0.4) is 0 Å². The van der Waals surface area contributed by atoms with Crippen LogP contribution in [-0.4, -0.2) is 28.7 Å². The molecule has 0 aliphatic rings. The van der Waals surface area contributed by atoms with Crippen LogP contribution in [-0.2, 0) is 17.8 Å². The molecule has 0 aliphatic heterocycles. The Morgan fingerprint density at radius 1 is 1.08 bits per heavy atom. The van der Waals surface area contributed by atoms with Crippen LogP contribution in [0.1, 0.15) is 11.1 Å². The first-order chi connectivity index (χ1) is 11.6. The second-order valence-electron chi connectivity index (χ2n) is 5.32. The van der Waals surface area contributed by atoms with Gasteiger partial charge in [-0.1, -0.05) is 58.4 Å². The molecule has 2 atom stereocenters. The number of hydrogen-bond acceptors (Lipinski definition) is 4. The van der Waals surface area contributed by atoms with Gasteiger partial charge >= 0.3 is 6.09 Å². The fraction of sp³-hybridized carbons (Fsp3) is 0.278. The van der Waals surface area contributed by atoms with Crippen molar-refractivity contribution in [3.05, 3.63) is 65.7 Å². The third kappa shape index (κ3) is 5.86. The molecule has 0 aromatic heterocycles. The maximum atomic E-state index is 10.9. The lowest BCUT2D eigenvalue weighted by atomic mass is 10.0. The van der Waals surface area contributed by atoms with Gasteiger partial charge in [-0.05, 0) is 23.3 Å². The predicted molar refractivity (Wildman–Crippen MR) is 95.2 cm³/mol. The van der Waals surface area contributed by atoms with Crippen molar-refractivity contribution in [1.82, 2.24) is 0 Å². The molecule has 6 heteroatoms. The van der Waals surface area contributed by atoms with Gasteiger partial charge in [0.2, 0.25) is 0 Å². The van der Waals surface area contributed by atoms with E-state index in [1.54, 1.807) is 0 Å². The number of aliphatic hydroxyl groups excluding tert-OH is 1. The van der Waals surface area contributed by atoms with Crippen molar-refractivity contribution >= 4 is 22.0 Å². The van der Waals surface area contributed by atoms with E-state index in [9.17, 15) is 9.90 Å². The van der Waals surface area contributed by atoms with Crippen LogP contribution >= 0.6 is 15.9 Å². The highest BCUT2D eigenvalue weighted by Crippen LogP contribution is 2.17. The largest absolute Gasteiger partial charge is 0.489 e. The van der Waals surface area contributed by atoms with Crippen LogP contribution in [0.25, 0.3) is 0 Å². The molecule has 24 heavy (non-hydrogen) atoms. The van der Waals surface area contributed by atoms with Gasteiger partial charge < -0.3 is 20.3 Å². The van der Waals surface area contributed by atoms with E-state index in [-0.39, 0.29) is 0 Å². The Labute approximate surface area is 149 Å². The Kier molecular flexibility index (Phi) is 7.08. The summed E-state index contributed by atoms with van der Waals surface area (Å²) in [6.45, 7) is 0.496. The predicted octanol–water partition coefficient (Wildman–Crippen LogP) is 3.03. The molecule has 2 aromatic carbocycles. The standard InChI is InChI=1S/C18H20BrNO4/c19-11-16(21)17(24-18(20)22)10-13-6-8-15(9-7-13)23-12-14-4-2-1-3-5-14/h1-9,16-17,21H,10-12H2,(H2,20,22)/t16-,17+/m1/s1. The first-order valence-corrected chi connectivity index (χ1v) is 8.66. The quantitative estimate of drug-likeness (QED) is 0.675. The second kappa shape index (κ2) is 9.30. The number of carbonyl (C=O) groups is 1. The lowest BCUT2D eigenvalue weighted by Gasteiger charge is -2.21. The van der Waals surface area contributed by atoms with E-state index in [0.717, 1.165) is 16.9 Å². The highest BCUT2D eigenvalue weighted by molar-refractivity contribution is 9.09. The number of hydrogen-bond donors (Lipinski definition) is 2.